The Bertz CT molecular complexity index is 336. The molecule has 1 atom stereocenters. The van der Waals surface area contributed by atoms with Gasteiger partial charge in [-0.15, -0.1) is 11.8 Å². The molecule has 1 fully saturated rings. The molecule has 0 bridgehead atoms. The molecule has 0 aliphatic carbocycles. The van der Waals surface area contributed by atoms with E-state index in [0.29, 0.717) is 6.04 Å². The first-order valence-electron chi connectivity index (χ1n) is 6.09. The van der Waals surface area contributed by atoms with Crippen LogP contribution < -0.4 is 5.32 Å². The highest BCUT2D eigenvalue weighted by Gasteiger charge is 2.16. The number of hydrogen-bond acceptors (Lipinski definition) is 3. The van der Waals surface area contributed by atoms with Gasteiger partial charge in [-0.2, -0.15) is 0 Å². The van der Waals surface area contributed by atoms with Gasteiger partial charge in [-0.1, -0.05) is 15.9 Å². The van der Waals surface area contributed by atoms with Gasteiger partial charge in [-0.3, -0.25) is 4.90 Å². The van der Waals surface area contributed by atoms with E-state index in [1.54, 1.807) is 0 Å². The second kappa shape index (κ2) is 6.78. The Morgan fingerprint density at radius 3 is 2.59 bits per heavy atom. The summed E-state index contributed by atoms with van der Waals surface area (Å²) >= 11 is 5.41. The Labute approximate surface area is 116 Å². The molecule has 1 N–H and O–H groups in total. The van der Waals surface area contributed by atoms with Crippen molar-refractivity contribution < 1.29 is 0 Å². The van der Waals surface area contributed by atoms with Crippen molar-refractivity contribution >= 4 is 27.7 Å². The molecule has 1 saturated heterocycles. The lowest BCUT2D eigenvalue weighted by Gasteiger charge is -2.32. The molecule has 94 valence electrons. The number of nitrogens with one attached hydrogen (secondary N) is 1. The number of piperazine rings is 1. The first kappa shape index (κ1) is 13.4. The van der Waals surface area contributed by atoms with E-state index in [9.17, 15) is 0 Å². The molecule has 4 heteroatoms. The van der Waals surface area contributed by atoms with Gasteiger partial charge in [0, 0.05) is 47.3 Å². The van der Waals surface area contributed by atoms with Gasteiger partial charge >= 0.3 is 0 Å². The Hall–Kier alpha value is -0.0300. The van der Waals surface area contributed by atoms with Gasteiger partial charge in [0.2, 0.25) is 0 Å². The maximum absolute atomic E-state index is 3.46. The molecule has 1 unspecified atom stereocenters. The highest BCUT2D eigenvalue weighted by molar-refractivity contribution is 9.10. The van der Waals surface area contributed by atoms with Crippen LogP contribution in [0.1, 0.15) is 6.92 Å². The van der Waals surface area contributed by atoms with E-state index in [1.807, 2.05) is 11.8 Å². The summed E-state index contributed by atoms with van der Waals surface area (Å²) in [5, 5.41) is 3.40. The molecule has 1 aliphatic heterocycles. The standard InChI is InChI=1S/C13H19BrN2S/c1-11(16-8-6-15-7-9-16)10-17-13-4-2-12(14)3-5-13/h2-5,11,15H,6-10H2,1H3. The number of hydrogen-bond donors (Lipinski definition) is 1. The Morgan fingerprint density at radius 1 is 1.29 bits per heavy atom. The van der Waals surface area contributed by atoms with E-state index in [-0.39, 0.29) is 0 Å². The van der Waals surface area contributed by atoms with Crippen LogP contribution in [0, 0.1) is 0 Å². The van der Waals surface area contributed by atoms with Crippen molar-refractivity contribution in [3.8, 4) is 0 Å². The highest BCUT2D eigenvalue weighted by Crippen LogP contribution is 2.22. The molecule has 17 heavy (non-hydrogen) atoms. The molecule has 1 aromatic carbocycles. The highest BCUT2D eigenvalue weighted by atomic mass is 79.9. The third-order valence-electron chi connectivity index (χ3n) is 3.08. The average molecular weight is 315 g/mol. The molecule has 2 rings (SSSR count). The molecule has 1 aliphatic rings. The number of benzene rings is 1. The maximum atomic E-state index is 3.46. The molecule has 0 spiro atoms. The van der Waals surface area contributed by atoms with Crippen LogP contribution >= 0.6 is 27.7 Å². The van der Waals surface area contributed by atoms with Gasteiger partial charge in [-0.25, -0.2) is 0 Å². The number of thioether (sulfide) groups is 1. The summed E-state index contributed by atoms with van der Waals surface area (Å²) < 4.78 is 1.15. The van der Waals surface area contributed by atoms with Crippen molar-refractivity contribution in [2.24, 2.45) is 0 Å². The van der Waals surface area contributed by atoms with Crippen LogP contribution in [-0.2, 0) is 0 Å². The van der Waals surface area contributed by atoms with Gasteiger partial charge in [-0.05, 0) is 31.2 Å². The van der Waals surface area contributed by atoms with Crippen LogP contribution in [0.25, 0.3) is 0 Å². The van der Waals surface area contributed by atoms with E-state index in [4.69, 9.17) is 0 Å². The predicted octanol–water partition coefficient (Wildman–Crippen LogP) is 2.83. The lowest BCUT2D eigenvalue weighted by molar-refractivity contribution is 0.198. The Morgan fingerprint density at radius 2 is 1.94 bits per heavy atom. The minimum Gasteiger partial charge on any atom is -0.314 e. The van der Waals surface area contributed by atoms with Gasteiger partial charge in [0.15, 0.2) is 0 Å². The van der Waals surface area contributed by atoms with Crippen molar-refractivity contribution in [2.75, 3.05) is 31.9 Å². The molecule has 0 amide bonds. The zero-order valence-electron chi connectivity index (χ0n) is 10.2. The summed E-state index contributed by atoms with van der Waals surface area (Å²) in [6.07, 6.45) is 0. The minimum atomic E-state index is 0.658. The summed E-state index contributed by atoms with van der Waals surface area (Å²) in [5.41, 5.74) is 0. The van der Waals surface area contributed by atoms with E-state index in [0.717, 1.165) is 17.6 Å². The number of rotatable bonds is 4. The smallest absolute Gasteiger partial charge is 0.0176 e. The third kappa shape index (κ3) is 4.28. The first-order valence-corrected chi connectivity index (χ1v) is 7.87. The summed E-state index contributed by atoms with van der Waals surface area (Å²) in [5.74, 6) is 1.17. The quantitative estimate of drug-likeness (QED) is 0.860. The topological polar surface area (TPSA) is 15.3 Å². The molecular weight excluding hydrogens is 296 g/mol. The third-order valence-corrected chi connectivity index (χ3v) is 4.86. The van der Waals surface area contributed by atoms with Crippen LogP contribution in [-0.4, -0.2) is 42.9 Å². The maximum Gasteiger partial charge on any atom is 0.0176 e. The van der Waals surface area contributed by atoms with E-state index in [1.165, 1.54) is 23.7 Å². The van der Waals surface area contributed by atoms with E-state index >= 15 is 0 Å². The predicted molar refractivity (Wildman–Crippen MR) is 78.8 cm³/mol. The molecule has 0 aromatic heterocycles. The number of halogens is 1. The second-order valence-corrected chi connectivity index (χ2v) is 6.41. The van der Waals surface area contributed by atoms with Crippen molar-refractivity contribution in [1.29, 1.82) is 0 Å². The molecule has 0 radical (unpaired) electrons. The zero-order valence-corrected chi connectivity index (χ0v) is 12.6. The summed E-state index contributed by atoms with van der Waals surface area (Å²) in [4.78, 5) is 3.93. The number of nitrogens with zero attached hydrogens (tertiary/aromatic N) is 1. The van der Waals surface area contributed by atoms with Gasteiger partial charge in [0.1, 0.15) is 0 Å². The molecular formula is C13H19BrN2S. The van der Waals surface area contributed by atoms with Crippen molar-refractivity contribution in [3.05, 3.63) is 28.7 Å². The lowest BCUT2D eigenvalue weighted by atomic mass is 10.3. The lowest BCUT2D eigenvalue weighted by Crippen LogP contribution is -2.48. The minimum absolute atomic E-state index is 0.658. The first-order chi connectivity index (χ1) is 8.25. The fourth-order valence-corrected chi connectivity index (χ4v) is 3.21. The van der Waals surface area contributed by atoms with Gasteiger partial charge in [0.25, 0.3) is 0 Å². The van der Waals surface area contributed by atoms with E-state index < -0.39 is 0 Å². The Kier molecular flexibility index (Phi) is 5.35. The van der Waals surface area contributed by atoms with Crippen molar-refractivity contribution in [2.45, 2.75) is 17.9 Å². The summed E-state index contributed by atoms with van der Waals surface area (Å²) in [6, 6.07) is 9.24. The summed E-state index contributed by atoms with van der Waals surface area (Å²) in [6.45, 7) is 6.96. The average Bonchev–Trinajstić information content (AvgIpc) is 2.39. The Balaban J connectivity index is 1.78. The second-order valence-electron chi connectivity index (χ2n) is 4.40. The van der Waals surface area contributed by atoms with Gasteiger partial charge in [0.05, 0.1) is 0 Å². The molecule has 1 heterocycles. The fraction of sp³-hybridized carbons (Fsp3) is 0.538. The zero-order chi connectivity index (χ0) is 12.1. The largest absolute Gasteiger partial charge is 0.314 e. The molecule has 1 aromatic rings. The van der Waals surface area contributed by atoms with Gasteiger partial charge < -0.3 is 5.32 Å². The van der Waals surface area contributed by atoms with Crippen LogP contribution in [0.4, 0.5) is 0 Å². The van der Waals surface area contributed by atoms with Crippen LogP contribution in [0.2, 0.25) is 0 Å². The van der Waals surface area contributed by atoms with Crippen molar-refractivity contribution in [1.82, 2.24) is 10.2 Å². The molecule has 0 saturated carbocycles. The molecule has 2 nitrogen and oxygen atoms in total. The monoisotopic (exact) mass is 314 g/mol. The van der Waals surface area contributed by atoms with Crippen LogP contribution in [0.5, 0.6) is 0 Å². The summed E-state index contributed by atoms with van der Waals surface area (Å²) in [7, 11) is 0. The fourth-order valence-electron chi connectivity index (χ4n) is 1.98. The van der Waals surface area contributed by atoms with Crippen LogP contribution in [0.3, 0.4) is 0 Å². The van der Waals surface area contributed by atoms with Crippen molar-refractivity contribution in [3.63, 3.8) is 0 Å². The van der Waals surface area contributed by atoms with E-state index in [2.05, 4.69) is 57.3 Å². The normalized spacial score (nSPS) is 19.2. The van der Waals surface area contributed by atoms with Crippen LogP contribution in [0.15, 0.2) is 33.6 Å². The SMILES string of the molecule is CC(CSc1ccc(Br)cc1)N1CCNCC1.